The largest absolute Gasteiger partial charge is 0.354 e. The third kappa shape index (κ3) is 3.77. The SMILES string of the molecule is COC1OCCN2C3Cc4c(Nc5ccccc5S(=O)(=O)NC(C)C)nc(nc4N3)NC12. The molecule has 3 aliphatic heterocycles. The predicted octanol–water partition coefficient (Wildman–Crippen LogP) is 1.26. The van der Waals surface area contributed by atoms with Gasteiger partial charge in [-0.15, -0.1) is 0 Å². The fourth-order valence-corrected chi connectivity index (χ4v) is 5.78. The Balaban J connectivity index is 1.52. The summed E-state index contributed by atoms with van der Waals surface area (Å²) in [6.07, 6.45) is -0.0573. The maximum Gasteiger partial charge on any atom is 0.242 e. The molecule has 4 N–H and O–H groups in total. The summed E-state index contributed by atoms with van der Waals surface area (Å²) in [6.45, 7) is 4.87. The number of morpholine rings is 1. The average molecular weight is 462 g/mol. The summed E-state index contributed by atoms with van der Waals surface area (Å²) in [7, 11) is -2.08. The van der Waals surface area contributed by atoms with Crippen molar-refractivity contribution in [2.24, 2.45) is 0 Å². The molecule has 5 rings (SSSR count). The second kappa shape index (κ2) is 8.12. The van der Waals surface area contributed by atoms with E-state index in [2.05, 4.69) is 35.5 Å². The maximum absolute atomic E-state index is 12.9. The number of hydrogen-bond acceptors (Lipinski definition) is 10. The van der Waals surface area contributed by atoms with Gasteiger partial charge in [0.15, 0.2) is 6.29 Å². The molecule has 0 saturated carbocycles. The zero-order valence-corrected chi connectivity index (χ0v) is 18.9. The van der Waals surface area contributed by atoms with E-state index in [0.29, 0.717) is 30.5 Å². The molecule has 3 unspecified atom stereocenters. The van der Waals surface area contributed by atoms with E-state index in [1.165, 1.54) is 0 Å². The number of rotatable bonds is 6. The van der Waals surface area contributed by atoms with Crippen molar-refractivity contribution in [2.75, 3.05) is 36.2 Å². The molecule has 0 radical (unpaired) electrons. The molecule has 3 aliphatic rings. The van der Waals surface area contributed by atoms with Crippen molar-refractivity contribution in [3.05, 3.63) is 29.8 Å². The van der Waals surface area contributed by atoms with Crippen LogP contribution in [-0.4, -0.2) is 68.2 Å². The number of benzene rings is 1. The molecule has 1 aromatic carbocycles. The number of methoxy groups -OCH3 is 1. The van der Waals surface area contributed by atoms with Gasteiger partial charge in [0, 0.05) is 31.7 Å². The second-order valence-corrected chi connectivity index (χ2v) is 9.97. The van der Waals surface area contributed by atoms with Crippen LogP contribution >= 0.6 is 0 Å². The van der Waals surface area contributed by atoms with Crippen LogP contribution in [0.5, 0.6) is 0 Å². The highest BCUT2D eigenvalue weighted by Gasteiger charge is 2.42. The number of ether oxygens (including phenoxy) is 2. The number of nitrogens with zero attached hydrogens (tertiary/aromatic N) is 3. The molecule has 3 atom stereocenters. The van der Waals surface area contributed by atoms with E-state index >= 15 is 0 Å². The fraction of sp³-hybridized carbons (Fsp3) is 0.500. The van der Waals surface area contributed by atoms with Crippen LogP contribution in [0.15, 0.2) is 29.2 Å². The van der Waals surface area contributed by atoms with Gasteiger partial charge in [-0.05, 0) is 26.0 Å². The molecule has 2 aromatic rings. The molecule has 0 spiro atoms. The van der Waals surface area contributed by atoms with Gasteiger partial charge in [-0.25, -0.2) is 13.1 Å². The van der Waals surface area contributed by atoms with Gasteiger partial charge in [0.1, 0.15) is 22.7 Å². The summed E-state index contributed by atoms with van der Waals surface area (Å²) in [5.74, 6) is 1.70. The molecule has 3 bridgehead atoms. The minimum atomic E-state index is -3.69. The topological polar surface area (TPSA) is 130 Å². The van der Waals surface area contributed by atoms with Gasteiger partial charge in [0.25, 0.3) is 0 Å². The monoisotopic (exact) mass is 461 g/mol. The number of aromatic nitrogens is 2. The summed E-state index contributed by atoms with van der Waals surface area (Å²) in [4.78, 5) is 11.7. The first kappa shape index (κ1) is 21.3. The van der Waals surface area contributed by atoms with Crippen molar-refractivity contribution in [2.45, 2.75) is 49.8 Å². The predicted molar refractivity (Wildman–Crippen MR) is 119 cm³/mol. The minimum absolute atomic E-state index is 0.00367. The highest BCUT2D eigenvalue weighted by Crippen LogP contribution is 2.38. The maximum atomic E-state index is 12.9. The molecule has 32 heavy (non-hydrogen) atoms. The summed E-state index contributed by atoms with van der Waals surface area (Å²) >= 11 is 0. The molecule has 11 nitrogen and oxygen atoms in total. The Bertz CT molecular complexity index is 1130. The van der Waals surface area contributed by atoms with Crippen molar-refractivity contribution in [1.82, 2.24) is 19.6 Å². The van der Waals surface area contributed by atoms with Crippen LogP contribution < -0.4 is 20.7 Å². The number of hydrogen-bond donors (Lipinski definition) is 4. The molecule has 12 heteroatoms. The first-order valence-corrected chi connectivity index (χ1v) is 12.1. The minimum Gasteiger partial charge on any atom is -0.354 e. The number of fused-ring (bicyclic) bond motifs is 4. The van der Waals surface area contributed by atoms with Crippen LogP contribution in [0.4, 0.5) is 23.3 Å². The Morgan fingerprint density at radius 1 is 1.25 bits per heavy atom. The highest BCUT2D eigenvalue weighted by molar-refractivity contribution is 7.89. The molecule has 4 heterocycles. The fourth-order valence-electron chi connectivity index (χ4n) is 4.36. The second-order valence-electron chi connectivity index (χ2n) is 8.29. The summed E-state index contributed by atoms with van der Waals surface area (Å²) in [5, 5.41) is 10.0. The van der Waals surface area contributed by atoms with Gasteiger partial charge in [-0.2, -0.15) is 9.97 Å². The van der Waals surface area contributed by atoms with Gasteiger partial charge < -0.3 is 25.4 Å². The smallest absolute Gasteiger partial charge is 0.242 e. The lowest BCUT2D eigenvalue weighted by atomic mass is 10.2. The Hall–Kier alpha value is -2.51. The number of anilines is 4. The third-order valence-corrected chi connectivity index (χ3v) is 7.40. The number of nitrogens with one attached hydrogen (secondary N) is 4. The summed E-state index contributed by atoms with van der Waals surface area (Å²) in [6, 6.07) is 6.57. The van der Waals surface area contributed by atoms with Gasteiger partial charge in [-0.3, -0.25) is 4.90 Å². The zero-order chi connectivity index (χ0) is 22.5. The lowest BCUT2D eigenvalue weighted by molar-refractivity contribution is -0.194. The van der Waals surface area contributed by atoms with E-state index in [1.807, 2.05) is 0 Å². The van der Waals surface area contributed by atoms with Gasteiger partial charge in [-0.1, -0.05) is 12.1 Å². The van der Waals surface area contributed by atoms with Gasteiger partial charge in [0.2, 0.25) is 16.0 Å². The van der Waals surface area contributed by atoms with Crippen LogP contribution in [0, 0.1) is 0 Å². The molecule has 0 amide bonds. The molecule has 1 aromatic heterocycles. The van der Waals surface area contributed by atoms with Crippen molar-refractivity contribution < 1.29 is 17.9 Å². The van der Waals surface area contributed by atoms with Crippen molar-refractivity contribution in [3.63, 3.8) is 0 Å². The normalized spacial score (nSPS) is 24.4. The summed E-state index contributed by atoms with van der Waals surface area (Å²) in [5.41, 5.74) is 1.36. The summed E-state index contributed by atoms with van der Waals surface area (Å²) < 4.78 is 39.6. The molecule has 0 aliphatic carbocycles. The molecule has 1 saturated heterocycles. The Labute approximate surface area is 187 Å². The van der Waals surface area contributed by atoms with E-state index in [9.17, 15) is 8.42 Å². The highest BCUT2D eigenvalue weighted by atomic mass is 32.2. The average Bonchev–Trinajstić information content (AvgIpc) is 3.20. The van der Waals surface area contributed by atoms with E-state index in [0.717, 1.165) is 17.9 Å². The van der Waals surface area contributed by atoms with E-state index in [-0.39, 0.29) is 23.3 Å². The van der Waals surface area contributed by atoms with Crippen molar-refractivity contribution >= 4 is 33.3 Å². The van der Waals surface area contributed by atoms with Crippen LogP contribution in [0.3, 0.4) is 0 Å². The quantitative estimate of drug-likeness (QED) is 0.499. The third-order valence-electron chi connectivity index (χ3n) is 5.68. The van der Waals surface area contributed by atoms with Crippen LogP contribution in [0.2, 0.25) is 0 Å². The first-order valence-electron chi connectivity index (χ1n) is 10.6. The van der Waals surface area contributed by atoms with Crippen LogP contribution in [0.1, 0.15) is 19.4 Å². The number of para-hydroxylation sites is 1. The van der Waals surface area contributed by atoms with Gasteiger partial charge >= 0.3 is 0 Å². The lowest BCUT2D eigenvalue weighted by Gasteiger charge is -2.43. The number of sulfonamides is 1. The van der Waals surface area contributed by atoms with Crippen molar-refractivity contribution in [1.29, 1.82) is 0 Å². The van der Waals surface area contributed by atoms with Crippen LogP contribution in [0.25, 0.3) is 0 Å². The Morgan fingerprint density at radius 3 is 2.84 bits per heavy atom. The van der Waals surface area contributed by atoms with Gasteiger partial charge in [0.05, 0.1) is 18.5 Å². The standard InChI is InChI=1S/C20H27N7O4S/c1-11(2)26-32(28,29)14-7-5-4-6-13(14)21-16-12-10-15-22-17(12)24-20(23-16)25-18-19(30-3)31-9-8-27(15)18/h4-7,11,15,18-19,26H,8-10H2,1-3H3,(H3,21,22,23,24,25). The molecule has 1 fully saturated rings. The molecular weight excluding hydrogens is 434 g/mol. The molecule has 172 valence electrons. The Kier molecular flexibility index (Phi) is 5.42. The van der Waals surface area contributed by atoms with E-state index in [4.69, 9.17) is 9.47 Å². The van der Waals surface area contributed by atoms with Crippen molar-refractivity contribution in [3.8, 4) is 0 Å². The molecular formula is C20H27N7O4S. The zero-order valence-electron chi connectivity index (χ0n) is 18.1. The van der Waals surface area contributed by atoms with E-state index < -0.39 is 16.3 Å². The van der Waals surface area contributed by atoms with E-state index in [1.54, 1.807) is 45.2 Å². The van der Waals surface area contributed by atoms with Crippen LogP contribution in [-0.2, 0) is 25.9 Å². The lowest BCUT2D eigenvalue weighted by Crippen LogP contribution is -2.61. The Morgan fingerprint density at radius 2 is 2.06 bits per heavy atom. The first-order chi connectivity index (χ1) is 15.4.